The Labute approximate surface area is 200 Å². The van der Waals surface area contributed by atoms with Gasteiger partial charge < -0.3 is 14.8 Å². The molecular weight excluding hydrogens is 450 g/mol. The summed E-state index contributed by atoms with van der Waals surface area (Å²) in [6, 6.07) is 20.7. The first kappa shape index (κ1) is 23.3. The second-order valence-corrected chi connectivity index (χ2v) is 7.42. The van der Waals surface area contributed by atoms with Crippen molar-refractivity contribution < 1.29 is 23.9 Å². The maximum atomic E-state index is 12.8. The molecule has 4 aromatic rings. The van der Waals surface area contributed by atoms with Gasteiger partial charge in [0.05, 0.1) is 12.7 Å². The number of aromatic nitrogens is 4. The Morgan fingerprint density at radius 2 is 1.63 bits per heavy atom. The lowest BCUT2D eigenvalue weighted by Crippen LogP contribution is -2.34. The summed E-state index contributed by atoms with van der Waals surface area (Å²) in [7, 11) is 1.23. The van der Waals surface area contributed by atoms with E-state index in [9.17, 15) is 14.4 Å². The second-order valence-electron chi connectivity index (χ2n) is 7.42. The molecule has 35 heavy (non-hydrogen) atoms. The Kier molecular flexibility index (Phi) is 7.22. The SMILES string of the molecule is COC(=O)C(NC(=O)c1ccccc1)c1ccc(Cc2nn[nH]n2)c(OC(=O)c2ccccc2)c1. The number of ether oxygens (including phenoxy) is 2. The van der Waals surface area contributed by atoms with Crippen molar-refractivity contribution in [3.8, 4) is 5.75 Å². The second kappa shape index (κ2) is 10.8. The van der Waals surface area contributed by atoms with E-state index < -0.39 is 23.9 Å². The van der Waals surface area contributed by atoms with Crippen LogP contribution in [0.1, 0.15) is 43.7 Å². The van der Waals surface area contributed by atoms with Crippen molar-refractivity contribution >= 4 is 17.8 Å². The molecule has 10 nitrogen and oxygen atoms in total. The third kappa shape index (κ3) is 5.74. The van der Waals surface area contributed by atoms with E-state index in [-0.39, 0.29) is 12.2 Å². The molecule has 1 atom stereocenters. The van der Waals surface area contributed by atoms with Gasteiger partial charge >= 0.3 is 11.9 Å². The zero-order valence-corrected chi connectivity index (χ0v) is 18.7. The van der Waals surface area contributed by atoms with Gasteiger partial charge in [-0.1, -0.05) is 53.7 Å². The molecule has 4 rings (SSSR count). The third-order valence-electron chi connectivity index (χ3n) is 5.12. The first-order valence-corrected chi connectivity index (χ1v) is 10.6. The minimum Gasteiger partial charge on any atom is -0.467 e. The molecule has 10 heteroatoms. The van der Waals surface area contributed by atoms with Crippen LogP contribution in [0.5, 0.6) is 5.75 Å². The molecule has 0 aliphatic carbocycles. The quantitative estimate of drug-likeness (QED) is 0.296. The van der Waals surface area contributed by atoms with Crippen LogP contribution in [-0.4, -0.2) is 45.6 Å². The normalized spacial score (nSPS) is 11.3. The molecule has 0 bridgehead atoms. The Bertz CT molecular complexity index is 1310. The molecule has 0 saturated carbocycles. The average molecular weight is 471 g/mol. The van der Waals surface area contributed by atoms with E-state index in [1.54, 1.807) is 72.8 Å². The molecule has 0 spiro atoms. The van der Waals surface area contributed by atoms with Crippen molar-refractivity contribution in [3.05, 3.63) is 107 Å². The van der Waals surface area contributed by atoms with Gasteiger partial charge in [0.15, 0.2) is 11.9 Å². The lowest BCUT2D eigenvalue weighted by molar-refractivity contribution is -0.143. The van der Waals surface area contributed by atoms with Gasteiger partial charge in [0, 0.05) is 17.5 Å². The third-order valence-corrected chi connectivity index (χ3v) is 5.12. The summed E-state index contributed by atoms with van der Waals surface area (Å²) in [4.78, 5) is 38.1. The number of benzene rings is 3. The maximum absolute atomic E-state index is 12.8. The average Bonchev–Trinajstić information content (AvgIpc) is 3.42. The summed E-state index contributed by atoms with van der Waals surface area (Å²) in [5.74, 6) is -1.15. The number of H-pyrrole nitrogens is 1. The highest BCUT2D eigenvalue weighted by molar-refractivity contribution is 5.97. The zero-order chi connectivity index (χ0) is 24.6. The highest BCUT2D eigenvalue weighted by atomic mass is 16.5. The first-order chi connectivity index (χ1) is 17.0. The van der Waals surface area contributed by atoms with Crippen LogP contribution in [0.15, 0.2) is 78.9 Å². The van der Waals surface area contributed by atoms with Gasteiger partial charge in [-0.3, -0.25) is 4.79 Å². The summed E-state index contributed by atoms with van der Waals surface area (Å²) < 4.78 is 10.6. The van der Waals surface area contributed by atoms with Crippen molar-refractivity contribution in [3.63, 3.8) is 0 Å². The van der Waals surface area contributed by atoms with Gasteiger partial charge in [0.2, 0.25) is 0 Å². The van der Waals surface area contributed by atoms with E-state index >= 15 is 0 Å². The van der Waals surface area contributed by atoms with Gasteiger partial charge in [-0.05, 0) is 35.9 Å². The van der Waals surface area contributed by atoms with Crippen molar-refractivity contribution in [2.45, 2.75) is 12.5 Å². The lowest BCUT2D eigenvalue weighted by Gasteiger charge is -2.19. The number of nitrogens with one attached hydrogen (secondary N) is 2. The predicted octanol–water partition coefficient (Wildman–Crippen LogP) is 2.65. The molecule has 1 aromatic heterocycles. The first-order valence-electron chi connectivity index (χ1n) is 10.6. The molecule has 176 valence electrons. The largest absolute Gasteiger partial charge is 0.467 e. The van der Waals surface area contributed by atoms with E-state index in [2.05, 4.69) is 25.9 Å². The zero-order valence-electron chi connectivity index (χ0n) is 18.7. The topological polar surface area (TPSA) is 136 Å². The van der Waals surface area contributed by atoms with Gasteiger partial charge in [0.25, 0.3) is 5.91 Å². The number of hydrogen-bond donors (Lipinski definition) is 2. The van der Waals surface area contributed by atoms with Crippen LogP contribution in [0.25, 0.3) is 0 Å². The molecular formula is C25H21N5O5. The number of nitrogens with zero attached hydrogens (tertiary/aromatic N) is 3. The number of carbonyl (C=O) groups excluding carboxylic acids is 3. The summed E-state index contributed by atoms with van der Waals surface area (Å²) in [5, 5.41) is 16.5. The number of methoxy groups -OCH3 is 1. The molecule has 1 unspecified atom stereocenters. The van der Waals surface area contributed by atoms with E-state index in [1.807, 2.05) is 0 Å². The van der Waals surface area contributed by atoms with E-state index in [0.717, 1.165) is 0 Å². The van der Waals surface area contributed by atoms with E-state index in [0.29, 0.717) is 28.1 Å². The molecule has 0 aliphatic heterocycles. The minimum atomic E-state index is -1.14. The molecule has 0 aliphatic rings. The molecule has 1 amide bonds. The fourth-order valence-electron chi connectivity index (χ4n) is 3.35. The predicted molar refractivity (Wildman–Crippen MR) is 123 cm³/mol. The minimum absolute atomic E-state index is 0.184. The molecule has 0 radical (unpaired) electrons. The standard InChI is InChI=1S/C25H21N5O5/c1-34-25(33)22(26-23(31)16-8-4-2-5-9-16)19-13-12-18(15-21-27-29-30-28-21)20(14-19)35-24(32)17-10-6-3-7-11-17/h2-14,22H,15H2,1H3,(H,26,31)(H,27,28,29,30). The number of carbonyl (C=O) groups is 3. The smallest absolute Gasteiger partial charge is 0.343 e. The van der Waals surface area contributed by atoms with Crippen molar-refractivity contribution in [1.82, 2.24) is 25.9 Å². The molecule has 3 aromatic carbocycles. The Morgan fingerprint density at radius 3 is 2.26 bits per heavy atom. The van der Waals surface area contributed by atoms with Crippen LogP contribution >= 0.6 is 0 Å². The maximum Gasteiger partial charge on any atom is 0.343 e. The summed E-state index contributed by atoms with van der Waals surface area (Å²) in [6.07, 6.45) is 0.216. The Balaban J connectivity index is 1.68. The number of esters is 2. The molecule has 1 heterocycles. The lowest BCUT2D eigenvalue weighted by atomic mass is 10.0. The van der Waals surface area contributed by atoms with Crippen LogP contribution in [0.4, 0.5) is 0 Å². The van der Waals surface area contributed by atoms with Crippen LogP contribution in [0, 0.1) is 0 Å². The molecule has 0 fully saturated rings. The monoisotopic (exact) mass is 471 g/mol. The fraction of sp³-hybridized carbons (Fsp3) is 0.120. The summed E-state index contributed by atoms with van der Waals surface area (Å²) in [6.45, 7) is 0. The molecule has 2 N–H and O–H groups in total. The number of aromatic amines is 1. The van der Waals surface area contributed by atoms with Crippen molar-refractivity contribution in [1.29, 1.82) is 0 Å². The van der Waals surface area contributed by atoms with Crippen LogP contribution < -0.4 is 10.1 Å². The van der Waals surface area contributed by atoms with E-state index in [1.165, 1.54) is 13.2 Å². The summed E-state index contributed by atoms with van der Waals surface area (Å²) >= 11 is 0. The number of amides is 1. The highest BCUT2D eigenvalue weighted by Gasteiger charge is 2.26. The highest BCUT2D eigenvalue weighted by Crippen LogP contribution is 2.27. The summed E-state index contributed by atoms with van der Waals surface area (Å²) in [5.41, 5.74) is 1.68. The Hall–Kier alpha value is -4.86. The molecule has 0 saturated heterocycles. The van der Waals surface area contributed by atoms with Crippen LogP contribution in [0.2, 0.25) is 0 Å². The fourth-order valence-corrected chi connectivity index (χ4v) is 3.35. The van der Waals surface area contributed by atoms with Gasteiger partial charge in [0.1, 0.15) is 5.75 Å². The van der Waals surface area contributed by atoms with Gasteiger partial charge in [-0.25, -0.2) is 9.59 Å². The Morgan fingerprint density at radius 1 is 0.943 bits per heavy atom. The van der Waals surface area contributed by atoms with Crippen molar-refractivity contribution in [2.24, 2.45) is 0 Å². The number of tetrazole rings is 1. The number of hydrogen-bond acceptors (Lipinski definition) is 8. The van der Waals surface area contributed by atoms with Gasteiger partial charge in [-0.15, -0.1) is 10.2 Å². The van der Waals surface area contributed by atoms with Crippen LogP contribution in [0.3, 0.4) is 0 Å². The van der Waals surface area contributed by atoms with Gasteiger partial charge in [-0.2, -0.15) is 5.21 Å². The van der Waals surface area contributed by atoms with E-state index in [4.69, 9.17) is 9.47 Å². The number of rotatable bonds is 8. The van der Waals surface area contributed by atoms with Crippen LogP contribution in [-0.2, 0) is 16.0 Å². The van der Waals surface area contributed by atoms with Crippen molar-refractivity contribution in [2.75, 3.05) is 7.11 Å².